The van der Waals surface area contributed by atoms with E-state index >= 15 is 0 Å². The van der Waals surface area contributed by atoms with E-state index < -0.39 is 0 Å². The normalized spacial score (nSPS) is 16.3. The molecule has 0 bridgehead atoms. The molecule has 4 heteroatoms. The highest BCUT2D eigenvalue weighted by Gasteiger charge is 2.43. The van der Waals surface area contributed by atoms with Crippen LogP contribution in [0.3, 0.4) is 0 Å². The van der Waals surface area contributed by atoms with Gasteiger partial charge >= 0.3 is 0 Å². The third-order valence-electron chi connectivity index (χ3n) is 3.11. The number of terminal acetylenes is 1. The second kappa shape index (κ2) is 7.25. The molecule has 0 heterocycles. The summed E-state index contributed by atoms with van der Waals surface area (Å²) < 4.78 is 0.278. The zero-order chi connectivity index (χ0) is 14.3. The summed E-state index contributed by atoms with van der Waals surface area (Å²) in [6.07, 6.45) is 7.72. The van der Waals surface area contributed by atoms with Gasteiger partial charge in [0.2, 0.25) is 0 Å². The summed E-state index contributed by atoms with van der Waals surface area (Å²) in [6, 6.07) is 10.5. The van der Waals surface area contributed by atoms with Crippen LogP contribution < -0.4 is 10.6 Å². The first-order valence-corrected chi connectivity index (χ1v) is 7.79. The van der Waals surface area contributed by atoms with Crippen LogP contribution in [0.1, 0.15) is 19.8 Å². The number of thioether (sulfide) groups is 1. The monoisotopic (exact) mass is 287 g/mol. The highest BCUT2D eigenvalue weighted by Crippen LogP contribution is 2.51. The Morgan fingerprint density at radius 3 is 2.70 bits per heavy atom. The standard InChI is InChI=1S/C16H21N3S/c1-3-12-18-15(17-4-2)19-13-16(10-11-16)20-14-8-6-5-7-9-14/h1,5-9H,4,10-13H2,2H3,(H2,17,18,19). The fraction of sp³-hybridized carbons (Fsp3) is 0.438. The minimum absolute atomic E-state index is 0.278. The van der Waals surface area contributed by atoms with E-state index in [9.17, 15) is 0 Å². The van der Waals surface area contributed by atoms with Crippen molar-refractivity contribution < 1.29 is 0 Å². The fourth-order valence-corrected chi connectivity index (χ4v) is 3.10. The van der Waals surface area contributed by atoms with E-state index in [0.29, 0.717) is 6.54 Å². The van der Waals surface area contributed by atoms with E-state index in [4.69, 9.17) is 6.42 Å². The molecular weight excluding hydrogens is 266 g/mol. The topological polar surface area (TPSA) is 36.4 Å². The number of guanidine groups is 1. The molecule has 1 fully saturated rings. The van der Waals surface area contributed by atoms with Gasteiger partial charge in [0, 0.05) is 16.2 Å². The molecule has 0 atom stereocenters. The van der Waals surface area contributed by atoms with Gasteiger partial charge in [-0.25, -0.2) is 0 Å². The average molecular weight is 287 g/mol. The Kier molecular flexibility index (Phi) is 5.37. The van der Waals surface area contributed by atoms with Gasteiger partial charge in [0.05, 0.1) is 13.1 Å². The number of nitrogens with zero attached hydrogens (tertiary/aromatic N) is 1. The Morgan fingerprint density at radius 1 is 1.35 bits per heavy atom. The molecule has 106 valence electrons. The zero-order valence-corrected chi connectivity index (χ0v) is 12.7. The van der Waals surface area contributed by atoms with Crippen molar-refractivity contribution in [2.24, 2.45) is 4.99 Å². The predicted molar refractivity (Wildman–Crippen MR) is 87.1 cm³/mol. The molecule has 3 nitrogen and oxygen atoms in total. The molecule has 2 rings (SSSR count). The lowest BCUT2D eigenvalue weighted by atomic mass is 10.4. The van der Waals surface area contributed by atoms with Crippen LogP contribution in [0.2, 0.25) is 0 Å². The maximum Gasteiger partial charge on any atom is 0.192 e. The molecule has 1 aromatic rings. The van der Waals surface area contributed by atoms with Crippen LogP contribution in [0, 0.1) is 12.3 Å². The number of rotatable bonds is 6. The Bertz CT molecular complexity index is 486. The second-order valence-electron chi connectivity index (χ2n) is 4.85. The summed E-state index contributed by atoms with van der Waals surface area (Å²) in [7, 11) is 0. The van der Waals surface area contributed by atoms with Crippen molar-refractivity contribution in [2.45, 2.75) is 29.4 Å². The van der Waals surface area contributed by atoms with Gasteiger partial charge in [-0.15, -0.1) is 18.2 Å². The largest absolute Gasteiger partial charge is 0.357 e. The first-order valence-electron chi connectivity index (χ1n) is 6.98. The van der Waals surface area contributed by atoms with Gasteiger partial charge < -0.3 is 10.6 Å². The molecule has 2 N–H and O–H groups in total. The lowest BCUT2D eigenvalue weighted by Crippen LogP contribution is -2.38. The quantitative estimate of drug-likeness (QED) is 0.479. The van der Waals surface area contributed by atoms with Crippen molar-refractivity contribution in [1.82, 2.24) is 10.6 Å². The Hall–Kier alpha value is -1.60. The van der Waals surface area contributed by atoms with Crippen LogP contribution >= 0.6 is 11.8 Å². The van der Waals surface area contributed by atoms with Gasteiger partial charge in [0.15, 0.2) is 5.96 Å². The van der Waals surface area contributed by atoms with E-state index in [-0.39, 0.29) is 4.75 Å². The third-order valence-corrected chi connectivity index (χ3v) is 4.59. The highest BCUT2D eigenvalue weighted by molar-refractivity contribution is 8.01. The molecule has 0 aromatic heterocycles. The SMILES string of the molecule is C#CCNC(=NCC1(Sc2ccccc2)CC1)NCC. The zero-order valence-electron chi connectivity index (χ0n) is 11.9. The minimum Gasteiger partial charge on any atom is -0.357 e. The van der Waals surface area contributed by atoms with Crippen LogP contribution in [0.5, 0.6) is 0 Å². The van der Waals surface area contributed by atoms with Crippen molar-refractivity contribution in [3.63, 3.8) is 0 Å². The van der Waals surface area contributed by atoms with Gasteiger partial charge in [-0.2, -0.15) is 0 Å². The number of hydrogen-bond acceptors (Lipinski definition) is 2. The van der Waals surface area contributed by atoms with Crippen molar-refractivity contribution >= 4 is 17.7 Å². The van der Waals surface area contributed by atoms with E-state index in [1.807, 2.05) is 11.8 Å². The van der Waals surface area contributed by atoms with Crippen molar-refractivity contribution in [1.29, 1.82) is 0 Å². The van der Waals surface area contributed by atoms with Crippen LogP contribution in [-0.4, -0.2) is 30.3 Å². The first-order chi connectivity index (χ1) is 9.78. The van der Waals surface area contributed by atoms with E-state index in [0.717, 1.165) is 19.0 Å². The Labute approximate surface area is 125 Å². The Balaban J connectivity index is 1.92. The summed E-state index contributed by atoms with van der Waals surface area (Å²) in [5.74, 6) is 3.38. The van der Waals surface area contributed by atoms with Crippen molar-refractivity contribution in [2.75, 3.05) is 19.6 Å². The van der Waals surface area contributed by atoms with Gasteiger partial charge in [-0.1, -0.05) is 24.1 Å². The average Bonchev–Trinajstić information content (AvgIpc) is 3.23. The smallest absolute Gasteiger partial charge is 0.192 e. The van der Waals surface area contributed by atoms with Gasteiger partial charge in [-0.3, -0.25) is 4.99 Å². The van der Waals surface area contributed by atoms with Gasteiger partial charge in [0.1, 0.15) is 0 Å². The third kappa shape index (κ3) is 4.50. The summed E-state index contributed by atoms with van der Waals surface area (Å²) in [4.78, 5) is 5.98. The molecule has 0 unspecified atom stereocenters. The van der Waals surface area contributed by atoms with E-state index in [1.165, 1.54) is 17.7 Å². The second-order valence-corrected chi connectivity index (χ2v) is 6.39. The first kappa shape index (κ1) is 14.8. The summed E-state index contributed by atoms with van der Waals surface area (Å²) in [5.41, 5.74) is 0. The van der Waals surface area contributed by atoms with Crippen LogP contribution in [0.4, 0.5) is 0 Å². The fourth-order valence-electron chi connectivity index (χ4n) is 1.87. The Morgan fingerprint density at radius 2 is 2.10 bits per heavy atom. The highest BCUT2D eigenvalue weighted by atomic mass is 32.2. The maximum absolute atomic E-state index is 5.27. The molecule has 0 amide bonds. The number of benzene rings is 1. The molecule has 0 spiro atoms. The molecule has 0 aliphatic heterocycles. The van der Waals surface area contributed by atoms with Gasteiger partial charge in [0.25, 0.3) is 0 Å². The van der Waals surface area contributed by atoms with Crippen LogP contribution in [0.25, 0.3) is 0 Å². The van der Waals surface area contributed by atoms with Crippen molar-refractivity contribution in [3.05, 3.63) is 30.3 Å². The summed E-state index contributed by atoms with van der Waals surface area (Å²) >= 11 is 1.94. The molecule has 1 aliphatic carbocycles. The van der Waals surface area contributed by atoms with E-state index in [2.05, 4.69) is 58.8 Å². The molecule has 1 aromatic carbocycles. The minimum atomic E-state index is 0.278. The van der Waals surface area contributed by atoms with Crippen LogP contribution in [-0.2, 0) is 0 Å². The lowest BCUT2D eigenvalue weighted by molar-refractivity contribution is 0.835. The van der Waals surface area contributed by atoms with Crippen molar-refractivity contribution in [3.8, 4) is 12.3 Å². The molecule has 1 saturated carbocycles. The molecule has 0 saturated heterocycles. The molecular formula is C16H21N3S. The van der Waals surface area contributed by atoms with Gasteiger partial charge in [-0.05, 0) is 31.9 Å². The molecule has 0 radical (unpaired) electrons. The lowest BCUT2D eigenvalue weighted by Gasteiger charge is -2.14. The molecule has 1 aliphatic rings. The summed E-state index contributed by atoms with van der Waals surface area (Å²) in [6.45, 7) is 4.23. The number of hydrogen-bond donors (Lipinski definition) is 2. The van der Waals surface area contributed by atoms with Crippen LogP contribution in [0.15, 0.2) is 40.2 Å². The van der Waals surface area contributed by atoms with E-state index in [1.54, 1.807) is 0 Å². The number of aliphatic imine (C=N–C) groups is 1. The summed E-state index contributed by atoms with van der Waals surface area (Å²) in [5, 5.41) is 6.34. The maximum atomic E-state index is 5.27. The number of nitrogens with one attached hydrogen (secondary N) is 2. The molecule has 20 heavy (non-hydrogen) atoms. The predicted octanol–water partition coefficient (Wildman–Crippen LogP) is 2.50.